The molecule has 2 amide bonds. The van der Waals surface area contributed by atoms with Crippen LogP contribution in [0, 0.1) is 17.0 Å². The number of rotatable bonds is 5. The maximum atomic E-state index is 12.6. The first-order valence-electron chi connectivity index (χ1n) is 7.96. The van der Waals surface area contributed by atoms with Gasteiger partial charge in [-0.15, -0.1) is 0 Å². The van der Waals surface area contributed by atoms with Crippen molar-refractivity contribution < 1.29 is 14.8 Å². The Kier molecular flexibility index (Phi) is 5.92. The Balaban J connectivity index is 2.14. The second kappa shape index (κ2) is 7.92. The lowest BCUT2D eigenvalue weighted by Gasteiger charge is -2.34. The van der Waals surface area contributed by atoms with E-state index in [1.165, 1.54) is 18.6 Å². The molecule has 0 spiro atoms. The molecule has 126 valence electrons. The number of hydrogen-bond donors (Lipinski definition) is 2. The highest BCUT2D eigenvalue weighted by Gasteiger charge is 2.25. The van der Waals surface area contributed by atoms with E-state index < -0.39 is 4.92 Å². The van der Waals surface area contributed by atoms with Crippen molar-refractivity contribution in [3.63, 3.8) is 0 Å². The van der Waals surface area contributed by atoms with E-state index in [0.29, 0.717) is 5.69 Å². The molecule has 1 aliphatic rings. The van der Waals surface area contributed by atoms with Crippen LogP contribution >= 0.6 is 0 Å². The second-order valence-corrected chi connectivity index (χ2v) is 5.90. The van der Waals surface area contributed by atoms with E-state index in [1.807, 2.05) is 0 Å². The van der Waals surface area contributed by atoms with E-state index in [1.54, 1.807) is 17.9 Å². The third-order valence-corrected chi connectivity index (χ3v) is 4.29. The summed E-state index contributed by atoms with van der Waals surface area (Å²) in [6.07, 6.45) is 5.20. The summed E-state index contributed by atoms with van der Waals surface area (Å²) in [4.78, 5) is 24.6. The molecule has 23 heavy (non-hydrogen) atoms. The Hall–Kier alpha value is -2.15. The predicted octanol–water partition coefficient (Wildman–Crippen LogP) is 3.06. The number of carbonyl (C=O) groups excluding carboxylic acids is 1. The van der Waals surface area contributed by atoms with Crippen molar-refractivity contribution in [2.24, 2.45) is 0 Å². The molecule has 0 radical (unpaired) electrons. The lowest BCUT2D eigenvalue weighted by atomic mass is 9.94. The third-order valence-electron chi connectivity index (χ3n) is 4.29. The van der Waals surface area contributed by atoms with E-state index in [-0.39, 0.29) is 30.9 Å². The number of nitrogens with zero attached hydrogens (tertiary/aromatic N) is 2. The second-order valence-electron chi connectivity index (χ2n) is 5.90. The molecule has 7 heteroatoms. The summed E-state index contributed by atoms with van der Waals surface area (Å²) >= 11 is 0. The van der Waals surface area contributed by atoms with Crippen molar-refractivity contribution in [2.45, 2.75) is 45.1 Å². The van der Waals surface area contributed by atoms with Crippen molar-refractivity contribution >= 4 is 17.4 Å². The van der Waals surface area contributed by atoms with E-state index >= 15 is 0 Å². The van der Waals surface area contributed by atoms with Gasteiger partial charge in [0.15, 0.2) is 0 Å². The molecule has 1 fully saturated rings. The molecule has 0 aromatic heterocycles. The smallest absolute Gasteiger partial charge is 0.322 e. The number of non-ortho nitro benzene ring substituents is 1. The largest absolute Gasteiger partial charge is 0.395 e. The minimum Gasteiger partial charge on any atom is -0.395 e. The summed E-state index contributed by atoms with van der Waals surface area (Å²) in [5.41, 5.74) is 1.14. The Morgan fingerprint density at radius 2 is 2.09 bits per heavy atom. The van der Waals surface area contributed by atoms with Gasteiger partial charge in [0.05, 0.1) is 17.2 Å². The summed E-state index contributed by atoms with van der Waals surface area (Å²) in [6.45, 7) is 1.96. The van der Waals surface area contributed by atoms with Crippen molar-refractivity contribution in [1.82, 2.24) is 4.90 Å². The van der Waals surface area contributed by atoms with Gasteiger partial charge in [-0.3, -0.25) is 10.1 Å². The van der Waals surface area contributed by atoms with Crippen LogP contribution < -0.4 is 5.32 Å². The molecule has 0 aliphatic heterocycles. The Labute approximate surface area is 135 Å². The lowest BCUT2D eigenvalue weighted by molar-refractivity contribution is -0.384. The number of anilines is 1. The van der Waals surface area contributed by atoms with Gasteiger partial charge >= 0.3 is 6.03 Å². The molecule has 7 nitrogen and oxygen atoms in total. The zero-order valence-electron chi connectivity index (χ0n) is 13.3. The van der Waals surface area contributed by atoms with Gasteiger partial charge < -0.3 is 15.3 Å². The van der Waals surface area contributed by atoms with Gasteiger partial charge in [0.1, 0.15) is 0 Å². The molecule has 0 saturated heterocycles. The average Bonchev–Trinajstić information content (AvgIpc) is 2.55. The summed E-state index contributed by atoms with van der Waals surface area (Å²) in [6, 6.07) is 4.21. The van der Waals surface area contributed by atoms with Crippen LogP contribution in [-0.2, 0) is 0 Å². The molecule has 2 rings (SSSR count). The summed E-state index contributed by atoms with van der Waals surface area (Å²) in [5, 5.41) is 22.9. The SMILES string of the molecule is Cc1ccc([N+](=O)[O-])cc1NC(=O)N(CCO)C1CCCCC1. The van der Waals surface area contributed by atoms with Crippen LogP contribution in [0.1, 0.15) is 37.7 Å². The number of hydrogen-bond acceptors (Lipinski definition) is 4. The number of aliphatic hydroxyl groups excluding tert-OH is 1. The molecular weight excluding hydrogens is 298 g/mol. The van der Waals surface area contributed by atoms with Crippen LogP contribution in [0.25, 0.3) is 0 Å². The number of amides is 2. The number of nitrogens with one attached hydrogen (secondary N) is 1. The number of nitro benzene ring substituents is 1. The minimum atomic E-state index is -0.484. The van der Waals surface area contributed by atoms with Crippen molar-refractivity contribution in [2.75, 3.05) is 18.5 Å². The average molecular weight is 321 g/mol. The molecule has 0 unspecified atom stereocenters. The molecule has 1 aromatic rings. The molecular formula is C16H23N3O4. The maximum Gasteiger partial charge on any atom is 0.322 e. The molecule has 0 bridgehead atoms. The summed E-state index contributed by atoms with van der Waals surface area (Å²) in [7, 11) is 0. The Morgan fingerprint density at radius 1 is 1.39 bits per heavy atom. The van der Waals surface area contributed by atoms with Crippen LogP contribution in [0.5, 0.6) is 0 Å². The fraction of sp³-hybridized carbons (Fsp3) is 0.562. The van der Waals surface area contributed by atoms with Gasteiger partial charge in [-0.05, 0) is 25.3 Å². The first-order chi connectivity index (χ1) is 11.0. The summed E-state index contributed by atoms with van der Waals surface area (Å²) in [5.74, 6) is 0. The number of urea groups is 1. The zero-order chi connectivity index (χ0) is 16.8. The van der Waals surface area contributed by atoms with Crippen molar-refractivity contribution in [1.29, 1.82) is 0 Å². The van der Waals surface area contributed by atoms with Gasteiger partial charge in [-0.25, -0.2) is 4.79 Å². The lowest BCUT2D eigenvalue weighted by Crippen LogP contribution is -2.45. The number of carbonyl (C=O) groups is 1. The van der Waals surface area contributed by atoms with Gasteiger partial charge in [-0.1, -0.05) is 25.3 Å². The quantitative estimate of drug-likeness (QED) is 0.643. The molecule has 2 N–H and O–H groups in total. The minimum absolute atomic E-state index is 0.0581. The van der Waals surface area contributed by atoms with Crippen LogP contribution in [-0.4, -0.2) is 40.2 Å². The monoisotopic (exact) mass is 321 g/mol. The Bertz CT molecular complexity index is 570. The van der Waals surface area contributed by atoms with Crippen LogP contribution in [0.2, 0.25) is 0 Å². The summed E-state index contributed by atoms with van der Waals surface area (Å²) < 4.78 is 0. The van der Waals surface area contributed by atoms with E-state index in [2.05, 4.69) is 5.32 Å². The van der Waals surface area contributed by atoms with Gasteiger partial charge in [0, 0.05) is 24.7 Å². The molecule has 1 aromatic carbocycles. The fourth-order valence-electron chi connectivity index (χ4n) is 3.00. The zero-order valence-corrected chi connectivity index (χ0v) is 13.3. The van der Waals surface area contributed by atoms with E-state index in [4.69, 9.17) is 0 Å². The number of aliphatic hydroxyl groups is 1. The highest BCUT2D eigenvalue weighted by atomic mass is 16.6. The predicted molar refractivity (Wildman–Crippen MR) is 87.5 cm³/mol. The molecule has 1 saturated carbocycles. The normalized spacial score (nSPS) is 15.2. The maximum absolute atomic E-state index is 12.6. The fourth-order valence-corrected chi connectivity index (χ4v) is 3.00. The van der Waals surface area contributed by atoms with E-state index in [9.17, 15) is 20.0 Å². The highest BCUT2D eigenvalue weighted by Crippen LogP contribution is 2.25. The van der Waals surface area contributed by atoms with E-state index in [0.717, 1.165) is 31.2 Å². The number of aryl methyl sites for hydroxylation is 1. The van der Waals surface area contributed by atoms with Gasteiger partial charge in [0.25, 0.3) is 5.69 Å². The van der Waals surface area contributed by atoms with Crippen molar-refractivity contribution in [3.8, 4) is 0 Å². The van der Waals surface area contributed by atoms with Gasteiger partial charge in [0.2, 0.25) is 0 Å². The topological polar surface area (TPSA) is 95.7 Å². The number of nitro groups is 1. The van der Waals surface area contributed by atoms with Crippen LogP contribution in [0.15, 0.2) is 18.2 Å². The molecule has 1 aliphatic carbocycles. The first kappa shape index (κ1) is 17.2. The standard InChI is InChI=1S/C16H23N3O4/c1-12-7-8-14(19(22)23)11-15(12)17-16(21)18(9-10-20)13-5-3-2-4-6-13/h7-8,11,13,20H,2-6,9-10H2,1H3,(H,17,21). The van der Waals surface area contributed by atoms with Gasteiger partial charge in [-0.2, -0.15) is 0 Å². The molecule has 0 atom stereocenters. The Morgan fingerprint density at radius 3 is 2.70 bits per heavy atom. The molecule has 0 heterocycles. The number of benzene rings is 1. The van der Waals surface area contributed by atoms with Crippen LogP contribution in [0.3, 0.4) is 0 Å². The highest BCUT2D eigenvalue weighted by molar-refractivity contribution is 5.90. The first-order valence-corrected chi connectivity index (χ1v) is 7.96. The van der Waals surface area contributed by atoms with Crippen LogP contribution in [0.4, 0.5) is 16.2 Å². The third kappa shape index (κ3) is 4.41. The van der Waals surface area contributed by atoms with Crippen molar-refractivity contribution in [3.05, 3.63) is 33.9 Å².